The van der Waals surface area contributed by atoms with Crippen molar-refractivity contribution in [3.05, 3.63) is 71.1 Å². The molecule has 0 atom stereocenters. The standard InChI is InChI=1S/C21H23N3O5S3/c1-3-14-31(26,27)24-19-7-4-6-18(15(19)2)22-21(25)16-9-11-17(12-10-16)23-32(28,29)20-8-5-13-30-20/h4-13,23-24H,3,14H2,1-2H3,(H,22,25). The van der Waals surface area contributed by atoms with Crippen LogP contribution in [0.5, 0.6) is 0 Å². The van der Waals surface area contributed by atoms with Crippen molar-refractivity contribution in [3.8, 4) is 0 Å². The fourth-order valence-corrected chi connectivity index (χ4v) is 6.12. The highest BCUT2D eigenvalue weighted by Gasteiger charge is 2.16. The van der Waals surface area contributed by atoms with Gasteiger partial charge < -0.3 is 5.32 Å². The topological polar surface area (TPSA) is 121 Å². The molecule has 1 aromatic heterocycles. The third kappa shape index (κ3) is 5.87. The van der Waals surface area contributed by atoms with Gasteiger partial charge in [-0.05, 0) is 66.8 Å². The molecule has 3 N–H and O–H groups in total. The number of carbonyl (C=O) groups excluding carboxylic acids is 1. The highest BCUT2D eigenvalue weighted by atomic mass is 32.2. The molecule has 0 fully saturated rings. The maximum absolute atomic E-state index is 12.7. The summed E-state index contributed by atoms with van der Waals surface area (Å²) >= 11 is 1.11. The lowest BCUT2D eigenvalue weighted by Gasteiger charge is -2.14. The van der Waals surface area contributed by atoms with Crippen LogP contribution in [0.3, 0.4) is 0 Å². The second-order valence-electron chi connectivity index (χ2n) is 6.97. The van der Waals surface area contributed by atoms with E-state index in [-0.39, 0.29) is 9.96 Å². The van der Waals surface area contributed by atoms with Crippen LogP contribution in [-0.4, -0.2) is 28.5 Å². The molecule has 3 aromatic rings. The number of anilines is 3. The molecule has 170 valence electrons. The molecule has 0 radical (unpaired) electrons. The molecule has 0 aliphatic rings. The third-order valence-corrected chi connectivity index (χ3v) is 8.73. The van der Waals surface area contributed by atoms with Crippen molar-refractivity contribution in [1.82, 2.24) is 0 Å². The Morgan fingerprint density at radius 3 is 2.22 bits per heavy atom. The number of sulfonamides is 2. The van der Waals surface area contributed by atoms with Gasteiger partial charge in [-0.15, -0.1) is 11.3 Å². The molecule has 0 spiro atoms. The van der Waals surface area contributed by atoms with Gasteiger partial charge in [-0.25, -0.2) is 16.8 Å². The molecule has 8 nitrogen and oxygen atoms in total. The quantitative estimate of drug-likeness (QED) is 0.411. The van der Waals surface area contributed by atoms with E-state index in [1.54, 1.807) is 43.5 Å². The fraction of sp³-hybridized carbons (Fsp3) is 0.190. The predicted molar refractivity (Wildman–Crippen MR) is 128 cm³/mol. The molecule has 0 unspecified atom stereocenters. The van der Waals surface area contributed by atoms with Crippen molar-refractivity contribution in [2.45, 2.75) is 24.5 Å². The number of rotatable bonds is 9. The second kappa shape index (κ2) is 9.72. The van der Waals surface area contributed by atoms with Crippen LogP contribution < -0.4 is 14.8 Å². The molecule has 0 saturated heterocycles. The lowest BCUT2D eigenvalue weighted by atomic mass is 10.1. The Labute approximate surface area is 191 Å². The number of hydrogen-bond donors (Lipinski definition) is 3. The van der Waals surface area contributed by atoms with Gasteiger partial charge in [0, 0.05) is 16.9 Å². The van der Waals surface area contributed by atoms with Gasteiger partial charge in [0.05, 0.1) is 11.4 Å². The van der Waals surface area contributed by atoms with Gasteiger partial charge in [0.25, 0.3) is 15.9 Å². The van der Waals surface area contributed by atoms with Gasteiger partial charge in [0.15, 0.2) is 0 Å². The first-order valence-electron chi connectivity index (χ1n) is 9.69. The second-order valence-corrected chi connectivity index (χ2v) is 11.7. The van der Waals surface area contributed by atoms with E-state index in [0.29, 0.717) is 34.6 Å². The van der Waals surface area contributed by atoms with Crippen LogP contribution in [0, 0.1) is 6.92 Å². The predicted octanol–water partition coefficient (Wildman–Crippen LogP) is 4.26. The minimum Gasteiger partial charge on any atom is -0.322 e. The molecule has 3 rings (SSSR count). The first-order chi connectivity index (χ1) is 15.1. The van der Waals surface area contributed by atoms with Crippen molar-refractivity contribution < 1.29 is 21.6 Å². The zero-order chi connectivity index (χ0) is 23.4. The molecule has 32 heavy (non-hydrogen) atoms. The fourth-order valence-electron chi connectivity index (χ4n) is 2.87. The Balaban J connectivity index is 1.72. The Morgan fingerprint density at radius 2 is 1.59 bits per heavy atom. The first-order valence-corrected chi connectivity index (χ1v) is 13.7. The van der Waals surface area contributed by atoms with Gasteiger partial charge in [-0.1, -0.05) is 19.1 Å². The third-order valence-electron chi connectivity index (χ3n) is 4.48. The minimum atomic E-state index is -3.67. The number of thiophene rings is 1. The van der Waals surface area contributed by atoms with E-state index in [1.165, 1.54) is 30.3 Å². The zero-order valence-corrected chi connectivity index (χ0v) is 19.9. The monoisotopic (exact) mass is 493 g/mol. The number of benzene rings is 2. The summed E-state index contributed by atoms with van der Waals surface area (Å²) < 4.78 is 53.9. The molecular weight excluding hydrogens is 470 g/mol. The van der Waals surface area contributed by atoms with Gasteiger partial charge >= 0.3 is 0 Å². The largest absolute Gasteiger partial charge is 0.322 e. The lowest BCUT2D eigenvalue weighted by Crippen LogP contribution is -2.18. The summed E-state index contributed by atoms with van der Waals surface area (Å²) in [6, 6.07) is 14.1. The smallest absolute Gasteiger partial charge is 0.271 e. The van der Waals surface area contributed by atoms with Crippen LogP contribution >= 0.6 is 11.3 Å². The van der Waals surface area contributed by atoms with E-state index in [4.69, 9.17) is 0 Å². The average Bonchev–Trinajstić information content (AvgIpc) is 3.27. The number of hydrogen-bond acceptors (Lipinski definition) is 6. The van der Waals surface area contributed by atoms with Crippen molar-refractivity contribution in [3.63, 3.8) is 0 Å². The van der Waals surface area contributed by atoms with Gasteiger partial charge in [-0.2, -0.15) is 0 Å². The molecule has 0 aliphatic carbocycles. The Bertz CT molecular complexity index is 1300. The molecule has 11 heteroatoms. The van der Waals surface area contributed by atoms with Crippen molar-refractivity contribution >= 4 is 54.4 Å². The summed E-state index contributed by atoms with van der Waals surface area (Å²) in [6.45, 7) is 3.49. The maximum atomic E-state index is 12.7. The Morgan fingerprint density at radius 1 is 0.906 bits per heavy atom. The highest BCUT2D eigenvalue weighted by molar-refractivity contribution is 7.94. The van der Waals surface area contributed by atoms with Crippen LogP contribution in [-0.2, 0) is 20.0 Å². The van der Waals surface area contributed by atoms with Crippen molar-refractivity contribution in [2.24, 2.45) is 0 Å². The number of amides is 1. The molecule has 1 amide bonds. The molecule has 2 aromatic carbocycles. The van der Waals surface area contributed by atoms with E-state index in [0.717, 1.165) is 11.3 Å². The van der Waals surface area contributed by atoms with E-state index in [1.807, 2.05) is 0 Å². The molecule has 1 heterocycles. The number of carbonyl (C=O) groups is 1. The Kier molecular flexibility index (Phi) is 7.22. The van der Waals surface area contributed by atoms with Gasteiger partial charge in [-0.3, -0.25) is 14.2 Å². The zero-order valence-electron chi connectivity index (χ0n) is 17.5. The van der Waals surface area contributed by atoms with E-state index in [9.17, 15) is 21.6 Å². The molecular formula is C21H23N3O5S3. The summed E-state index contributed by atoms with van der Waals surface area (Å²) in [5, 5.41) is 4.44. The van der Waals surface area contributed by atoms with E-state index < -0.39 is 26.0 Å². The maximum Gasteiger partial charge on any atom is 0.271 e. The van der Waals surface area contributed by atoms with Crippen LogP contribution in [0.4, 0.5) is 17.1 Å². The van der Waals surface area contributed by atoms with Crippen molar-refractivity contribution in [1.29, 1.82) is 0 Å². The van der Waals surface area contributed by atoms with E-state index >= 15 is 0 Å². The molecule has 0 saturated carbocycles. The summed E-state index contributed by atoms with van der Waals surface area (Å²) in [5.41, 5.74) is 2.10. The summed E-state index contributed by atoms with van der Waals surface area (Å²) in [6.07, 6.45) is 0.490. The SMILES string of the molecule is CCCS(=O)(=O)Nc1cccc(NC(=O)c2ccc(NS(=O)(=O)c3cccs3)cc2)c1C. The normalized spacial score (nSPS) is 11.7. The summed E-state index contributed by atoms with van der Waals surface area (Å²) in [5.74, 6) is -0.402. The van der Waals surface area contributed by atoms with Crippen LogP contribution in [0.15, 0.2) is 64.2 Å². The average molecular weight is 494 g/mol. The van der Waals surface area contributed by atoms with Crippen molar-refractivity contribution in [2.75, 3.05) is 20.5 Å². The minimum absolute atomic E-state index is 0.00557. The van der Waals surface area contributed by atoms with Gasteiger partial charge in [0.1, 0.15) is 4.21 Å². The first kappa shape index (κ1) is 23.8. The van der Waals surface area contributed by atoms with Crippen LogP contribution in [0.25, 0.3) is 0 Å². The lowest BCUT2D eigenvalue weighted by molar-refractivity contribution is 0.102. The highest BCUT2D eigenvalue weighted by Crippen LogP contribution is 2.25. The molecule has 0 bridgehead atoms. The van der Waals surface area contributed by atoms with E-state index in [2.05, 4.69) is 14.8 Å². The number of nitrogens with one attached hydrogen (secondary N) is 3. The summed E-state index contributed by atoms with van der Waals surface area (Å²) in [4.78, 5) is 12.7. The van der Waals surface area contributed by atoms with Crippen LogP contribution in [0.2, 0.25) is 0 Å². The van der Waals surface area contributed by atoms with Gasteiger partial charge in [0.2, 0.25) is 10.0 Å². The molecule has 0 aliphatic heterocycles. The van der Waals surface area contributed by atoms with Crippen LogP contribution in [0.1, 0.15) is 29.3 Å². The Hall–Kier alpha value is -2.89. The summed E-state index contributed by atoms with van der Waals surface area (Å²) in [7, 11) is -7.13.